The third kappa shape index (κ3) is 3.76. The standard InChI is InChI=1S/C18H25N3O3/c1-13-15(18(23)21-9-11-24-12-10-21)3-2-4-16(13)20-17(22)14-5-7-19-8-6-14/h2-4,14,19H,5-12H2,1H3,(H,20,22). The molecule has 0 aliphatic carbocycles. The molecule has 0 saturated carbocycles. The monoisotopic (exact) mass is 331 g/mol. The minimum atomic E-state index is 0.00812. The molecule has 0 atom stereocenters. The first-order valence-electron chi connectivity index (χ1n) is 8.65. The van der Waals surface area contributed by atoms with E-state index in [1.807, 2.05) is 30.0 Å². The van der Waals surface area contributed by atoms with Crippen LogP contribution >= 0.6 is 0 Å². The molecular formula is C18H25N3O3. The van der Waals surface area contributed by atoms with Crippen molar-refractivity contribution in [3.05, 3.63) is 29.3 Å². The van der Waals surface area contributed by atoms with E-state index in [-0.39, 0.29) is 17.7 Å². The average Bonchev–Trinajstić information content (AvgIpc) is 2.64. The molecule has 6 nitrogen and oxygen atoms in total. The fraction of sp³-hybridized carbons (Fsp3) is 0.556. The predicted octanol–water partition coefficient (Wildman–Crippen LogP) is 1.41. The highest BCUT2D eigenvalue weighted by Crippen LogP contribution is 2.23. The second-order valence-corrected chi connectivity index (χ2v) is 6.40. The van der Waals surface area contributed by atoms with Crippen molar-refractivity contribution in [2.45, 2.75) is 19.8 Å². The summed E-state index contributed by atoms with van der Waals surface area (Å²) >= 11 is 0. The first-order valence-corrected chi connectivity index (χ1v) is 8.65. The number of nitrogens with zero attached hydrogens (tertiary/aromatic N) is 1. The van der Waals surface area contributed by atoms with E-state index in [1.165, 1.54) is 0 Å². The van der Waals surface area contributed by atoms with Crippen LogP contribution < -0.4 is 10.6 Å². The van der Waals surface area contributed by atoms with Crippen molar-refractivity contribution in [1.82, 2.24) is 10.2 Å². The quantitative estimate of drug-likeness (QED) is 0.878. The molecule has 1 aromatic rings. The van der Waals surface area contributed by atoms with E-state index in [0.29, 0.717) is 31.9 Å². The topological polar surface area (TPSA) is 70.7 Å². The van der Waals surface area contributed by atoms with Crippen LogP contribution in [0, 0.1) is 12.8 Å². The summed E-state index contributed by atoms with van der Waals surface area (Å²) in [5.41, 5.74) is 2.22. The molecule has 1 aromatic carbocycles. The number of morpholine rings is 1. The Morgan fingerprint density at radius 1 is 1.21 bits per heavy atom. The summed E-state index contributed by atoms with van der Waals surface area (Å²) in [4.78, 5) is 27.0. The largest absolute Gasteiger partial charge is 0.378 e. The average molecular weight is 331 g/mol. The zero-order valence-electron chi connectivity index (χ0n) is 14.1. The molecule has 2 amide bonds. The highest BCUT2D eigenvalue weighted by Gasteiger charge is 2.24. The maximum absolute atomic E-state index is 12.7. The fourth-order valence-corrected chi connectivity index (χ4v) is 3.26. The highest BCUT2D eigenvalue weighted by molar-refractivity contribution is 5.99. The van der Waals surface area contributed by atoms with Gasteiger partial charge in [0.05, 0.1) is 13.2 Å². The first-order chi connectivity index (χ1) is 11.7. The van der Waals surface area contributed by atoms with Crippen molar-refractivity contribution in [3.63, 3.8) is 0 Å². The maximum atomic E-state index is 12.7. The van der Waals surface area contributed by atoms with Crippen LogP contribution in [-0.2, 0) is 9.53 Å². The van der Waals surface area contributed by atoms with Crippen LogP contribution in [0.1, 0.15) is 28.8 Å². The zero-order valence-corrected chi connectivity index (χ0v) is 14.1. The number of piperidine rings is 1. The van der Waals surface area contributed by atoms with Crippen LogP contribution in [0.15, 0.2) is 18.2 Å². The van der Waals surface area contributed by atoms with Crippen LogP contribution in [0.25, 0.3) is 0 Å². The Morgan fingerprint density at radius 2 is 1.92 bits per heavy atom. The predicted molar refractivity (Wildman–Crippen MR) is 92.1 cm³/mol. The molecular weight excluding hydrogens is 306 g/mol. The maximum Gasteiger partial charge on any atom is 0.254 e. The van der Waals surface area contributed by atoms with Crippen molar-refractivity contribution in [2.24, 2.45) is 5.92 Å². The van der Waals surface area contributed by atoms with Crippen LogP contribution in [0.3, 0.4) is 0 Å². The molecule has 0 bridgehead atoms. The molecule has 2 aliphatic rings. The number of rotatable bonds is 3. The second kappa shape index (κ2) is 7.77. The smallest absolute Gasteiger partial charge is 0.254 e. The third-order valence-corrected chi connectivity index (χ3v) is 4.83. The molecule has 2 aliphatic heterocycles. The number of hydrogen-bond donors (Lipinski definition) is 2. The molecule has 0 radical (unpaired) electrons. The highest BCUT2D eigenvalue weighted by atomic mass is 16.5. The second-order valence-electron chi connectivity index (χ2n) is 6.40. The summed E-state index contributed by atoms with van der Waals surface area (Å²) < 4.78 is 5.30. The number of anilines is 1. The summed E-state index contributed by atoms with van der Waals surface area (Å²) in [6.07, 6.45) is 1.72. The lowest BCUT2D eigenvalue weighted by atomic mass is 9.96. The van der Waals surface area contributed by atoms with Crippen molar-refractivity contribution >= 4 is 17.5 Å². The number of carbonyl (C=O) groups excluding carboxylic acids is 2. The molecule has 6 heteroatoms. The normalized spacial score (nSPS) is 19.1. The summed E-state index contributed by atoms with van der Waals surface area (Å²) in [6, 6.07) is 5.52. The molecule has 0 spiro atoms. The van der Waals surface area contributed by atoms with E-state index >= 15 is 0 Å². The lowest BCUT2D eigenvalue weighted by molar-refractivity contribution is -0.120. The van der Waals surface area contributed by atoms with Gasteiger partial charge in [0.1, 0.15) is 0 Å². The Hall–Kier alpha value is -1.92. The van der Waals surface area contributed by atoms with Gasteiger partial charge in [-0.3, -0.25) is 9.59 Å². The number of nitrogens with one attached hydrogen (secondary N) is 2. The number of hydrogen-bond acceptors (Lipinski definition) is 4. The molecule has 0 aromatic heterocycles. The van der Waals surface area contributed by atoms with Gasteiger partial charge in [-0.2, -0.15) is 0 Å². The fourth-order valence-electron chi connectivity index (χ4n) is 3.26. The lowest BCUT2D eigenvalue weighted by Crippen LogP contribution is -2.41. The third-order valence-electron chi connectivity index (χ3n) is 4.83. The molecule has 2 N–H and O–H groups in total. The van der Waals surface area contributed by atoms with E-state index in [1.54, 1.807) is 0 Å². The van der Waals surface area contributed by atoms with E-state index in [9.17, 15) is 9.59 Å². The van der Waals surface area contributed by atoms with Crippen LogP contribution in [0.4, 0.5) is 5.69 Å². The Labute approximate surface area is 142 Å². The minimum Gasteiger partial charge on any atom is -0.378 e. The van der Waals surface area contributed by atoms with Crippen LogP contribution in [-0.4, -0.2) is 56.1 Å². The first kappa shape index (κ1) is 16.9. The summed E-state index contributed by atoms with van der Waals surface area (Å²) in [5.74, 6) is 0.105. The molecule has 24 heavy (non-hydrogen) atoms. The molecule has 2 heterocycles. The molecule has 3 rings (SSSR count). The van der Waals surface area contributed by atoms with Crippen molar-refractivity contribution in [3.8, 4) is 0 Å². The van der Waals surface area contributed by atoms with Gasteiger partial charge in [-0.15, -0.1) is 0 Å². The van der Waals surface area contributed by atoms with E-state index in [0.717, 1.165) is 37.2 Å². The van der Waals surface area contributed by atoms with Gasteiger partial charge in [0.15, 0.2) is 0 Å². The van der Waals surface area contributed by atoms with E-state index in [4.69, 9.17) is 4.74 Å². The van der Waals surface area contributed by atoms with Gasteiger partial charge < -0.3 is 20.3 Å². The van der Waals surface area contributed by atoms with Crippen molar-refractivity contribution in [1.29, 1.82) is 0 Å². The number of ether oxygens (including phenoxy) is 1. The minimum absolute atomic E-state index is 0.00812. The van der Waals surface area contributed by atoms with Gasteiger partial charge in [0, 0.05) is 30.3 Å². The van der Waals surface area contributed by atoms with Crippen molar-refractivity contribution in [2.75, 3.05) is 44.7 Å². The lowest BCUT2D eigenvalue weighted by Gasteiger charge is -2.28. The van der Waals surface area contributed by atoms with Gasteiger partial charge >= 0.3 is 0 Å². The van der Waals surface area contributed by atoms with Gasteiger partial charge in [-0.05, 0) is 50.6 Å². The zero-order chi connectivity index (χ0) is 16.9. The van der Waals surface area contributed by atoms with Gasteiger partial charge in [-0.25, -0.2) is 0 Å². The van der Waals surface area contributed by atoms with Gasteiger partial charge in [0.2, 0.25) is 5.91 Å². The van der Waals surface area contributed by atoms with Gasteiger partial charge in [0.25, 0.3) is 5.91 Å². The molecule has 2 saturated heterocycles. The summed E-state index contributed by atoms with van der Waals surface area (Å²) in [7, 11) is 0. The Morgan fingerprint density at radius 3 is 2.62 bits per heavy atom. The van der Waals surface area contributed by atoms with E-state index in [2.05, 4.69) is 10.6 Å². The summed E-state index contributed by atoms with van der Waals surface area (Å²) in [5, 5.41) is 6.28. The number of carbonyl (C=O) groups is 2. The van der Waals surface area contributed by atoms with Gasteiger partial charge in [-0.1, -0.05) is 6.07 Å². The Kier molecular flexibility index (Phi) is 5.48. The SMILES string of the molecule is Cc1c(NC(=O)C2CCNCC2)cccc1C(=O)N1CCOCC1. The Bertz CT molecular complexity index is 606. The molecule has 2 fully saturated rings. The summed E-state index contributed by atoms with van der Waals surface area (Å²) in [6.45, 7) is 6.05. The van der Waals surface area contributed by atoms with E-state index < -0.39 is 0 Å². The van der Waals surface area contributed by atoms with Crippen LogP contribution in [0.5, 0.6) is 0 Å². The number of amides is 2. The molecule has 0 unspecified atom stereocenters. The number of benzene rings is 1. The molecule has 130 valence electrons. The van der Waals surface area contributed by atoms with Crippen LogP contribution in [0.2, 0.25) is 0 Å². The van der Waals surface area contributed by atoms with Crippen molar-refractivity contribution < 1.29 is 14.3 Å². The Balaban J connectivity index is 1.72.